The van der Waals surface area contributed by atoms with E-state index in [1.807, 2.05) is 11.4 Å². The minimum atomic E-state index is -0.163. The number of nitrogens with zero attached hydrogens (tertiary/aromatic N) is 2. The van der Waals surface area contributed by atoms with Gasteiger partial charge in [0.15, 0.2) is 0 Å². The van der Waals surface area contributed by atoms with Crippen LogP contribution in [0.15, 0.2) is 23.6 Å². The molecule has 0 amide bonds. The molecule has 0 atom stereocenters. The Bertz CT molecular complexity index is 585. The monoisotopic (exact) mass is 296 g/mol. The zero-order valence-corrected chi connectivity index (χ0v) is 12.0. The van der Waals surface area contributed by atoms with Crippen LogP contribution in [0.3, 0.4) is 0 Å². The third-order valence-electron chi connectivity index (χ3n) is 3.37. The number of halogens is 2. The number of alkyl halides is 1. The summed E-state index contributed by atoms with van der Waals surface area (Å²) in [5.74, 6) is 0.304. The molecule has 1 aromatic carbocycles. The lowest BCUT2D eigenvalue weighted by molar-refractivity contribution is 0.627. The normalized spacial score (nSPS) is 13.9. The number of thiazole rings is 1. The highest BCUT2D eigenvalue weighted by Crippen LogP contribution is 2.28. The van der Waals surface area contributed by atoms with Crippen LogP contribution in [-0.4, -0.2) is 18.1 Å². The predicted molar refractivity (Wildman–Crippen MR) is 77.7 cm³/mol. The Kier molecular flexibility index (Phi) is 3.71. The number of aromatic nitrogens is 1. The fourth-order valence-corrected chi connectivity index (χ4v) is 3.42. The van der Waals surface area contributed by atoms with Gasteiger partial charge in [-0.05, 0) is 24.1 Å². The summed E-state index contributed by atoms with van der Waals surface area (Å²) in [6.45, 7) is 1.85. The highest BCUT2D eigenvalue weighted by molar-refractivity contribution is 7.09. The van der Waals surface area contributed by atoms with Crippen molar-refractivity contribution >= 4 is 28.6 Å². The second kappa shape index (κ2) is 5.47. The Morgan fingerprint density at radius 3 is 3.11 bits per heavy atom. The summed E-state index contributed by atoms with van der Waals surface area (Å²) < 4.78 is 13.3. The van der Waals surface area contributed by atoms with Crippen LogP contribution in [0, 0.1) is 5.82 Å². The van der Waals surface area contributed by atoms with E-state index in [9.17, 15) is 4.39 Å². The summed E-state index contributed by atoms with van der Waals surface area (Å²) in [5.41, 5.74) is 3.21. The van der Waals surface area contributed by atoms with E-state index in [4.69, 9.17) is 11.6 Å². The predicted octanol–water partition coefficient (Wildman–Crippen LogP) is 3.63. The molecule has 0 unspecified atom stereocenters. The molecule has 3 rings (SSSR count). The average molecular weight is 297 g/mol. The van der Waals surface area contributed by atoms with Crippen LogP contribution in [0.1, 0.15) is 16.3 Å². The lowest BCUT2D eigenvalue weighted by atomic mass is 10.2. The first-order chi connectivity index (χ1) is 9.26. The first kappa shape index (κ1) is 12.9. The Labute approximate surface area is 120 Å². The van der Waals surface area contributed by atoms with Crippen molar-refractivity contribution in [3.05, 3.63) is 45.7 Å². The molecule has 2 heterocycles. The summed E-state index contributed by atoms with van der Waals surface area (Å²) in [4.78, 5) is 6.69. The van der Waals surface area contributed by atoms with Crippen LogP contribution in [0.25, 0.3) is 0 Å². The van der Waals surface area contributed by atoms with Crippen molar-refractivity contribution in [3.8, 4) is 0 Å². The number of fused-ring (bicyclic) bond motifs is 1. The second-order valence-corrected chi connectivity index (χ2v) is 5.84. The molecule has 0 fully saturated rings. The fourth-order valence-electron chi connectivity index (χ4n) is 2.41. The molecule has 1 aliphatic heterocycles. The smallest absolute Gasteiger partial charge is 0.125 e. The third-order valence-corrected chi connectivity index (χ3v) is 4.60. The molecule has 0 radical (unpaired) electrons. The van der Waals surface area contributed by atoms with Crippen molar-refractivity contribution < 1.29 is 4.39 Å². The Balaban J connectivity index is 1.67. The highest BCUT2D eigenvalue weighted by atomic mass is 35.5. The maximum Gasteiger partial charge on any atom is 0.125 e. The molecule has 0 spiro atoms. The SMILES string of the molecule is Fc1ccc2c(c1)N(CCc1nc(CCl)cs1)CC2. The largest absolute Gasteiger partial charge is 0.370 e. The van der Waals surface area contributed by atoms with Crippen LogP contribution < -0.4 is 4.90 Å². The first-order valence-electron chi connectivity index (χ1n) is 6.29. The van der Waals surface area contributed by atoms with Crippen LogP contribution >= 0.6 is 22.9 Å². The Morgan fingerprint density at radius 2 is 2.32 bits per heavy atom. The summed E-state index contributed by atoms with van der Waals surface area (Å²) >= 11 is 7.39. The lowest BCUT2D eigenvalue weighted by Crippen LogP contribution is -2.23. The van der Waals surface area contributed by atoms with E-state index in [2.05, 4.69) is 9.88 Å². The molecule has 0 bridgehead atoms. The van der Waals surface area contributed by atoms with Crippen LogP contribution in [-0.2, 0) is 18.7 Å². The molecule has 0 N–H and O–H groups in total. The van der Waals surface area contributed by atoms with E-state index >= 15 is 0 Å². The minimum Gasteiger partial charge on any atom is -0.370 e. The number of anilines is 1. The minimum absolute atomic E-state index is 0.163. The van der Waals surface area contributed by atoms with Gasteiger partial charge in [-0.25, -0.2) is 9.37 Å². The zero-order chi connectivity index (χ0) is 13.2. The van der Waals surface area contributed by atoms with E-state index in [0.29, 0.717) is 5.88 Å². The van der Waals surface area contributed by atoms with Crippen LogP contribution in [0.2, 0.25) is 0 Å². The van der Waals surface area contributed by atoms with Gasteiger partial charge in [-0.3, -0.25) is 0 Å². The summed E-state index contributed by atoms with van der Waals surface area (Å²) in [6, 6.07) is 5.06. The molecule has 1 aromatic heterocycles. The van der Waals surface area contributed by atoms with Crippen molar-refractivity contribution in [3.63, 3.8) is 0 Å². The average Bonchev–Trinajstić information content (AvgIpc) is 3.02. The van der Waals surface area contributed by atoms with E-state index in [0.717, 1.165) is 42.3 Å². The maximum atomic E-state index is 13.3. The summed E-state index contributed by atoms with van der Waals surface area (Å²) in [6.07, 6.45) is 1.89. The molecule has 1 aliphatic rings. The lowest BCUT2D eigenvalue weighted by Gasteiger charge is -2.18. The molecule has 2 aromatic rings. The molecular formula is C14H14ClFN2S. The molecule has 2 nitrogen and oxygen atoms in total. The Morgan fingerprint density at radius 1 is 1.42 bits per heavy atom. The topological polar surface area (TPSA) is 16.1 Å². The van der Waals surface area contributed by atoms with Crippen molar-refractivity contribution in [1.29, 1.82) is 0 Å². The fraction of sp³-hybridized carbons (Fsp3) is 0.357. The van der Waals surface area contributed by atoms with Gasteiger partial charge in [-0.2, -0.15) is 0 Å². The quantitative estimate of drug-likeness (QED) is 0.801. The van der Waals surface area contributed by atoms with Gasteiger partial charge < -0.3 is 4.90 Å². The van der Waals surface area contributed by atoms with Gasteiger partial charge >= 0.3 is 0 Å². The van der Waals surface area contributed by atoms with E-state index in [1.165, 1.54) is 11.6 Å². The molecule has 5 heteroatoms. The number of benzene rings is 1. The van der Waals surface area contributed by atoms with Crippen molar-refractivity contribution in [2.24, 2.45) is 0 Å². The summed E-state index contributed by atoms with van der Waals surface area (Å²) in [5, 5.41) is 3.10. The van der Waals surface area contributed by atoms with Crippen molar-refractivity contribution in [1.82, 2.24) is 4.98 Å². The summed E-state index contributed by atoms with van der Waals surface area (Å²) in [7, 11) is 0. The molecular weight excluding hydrogens is 283 g/mol. The third kappa shape index (κ3) is 2.74. The zero-order valence-electron chi connectivity index (χ0n) is 10.4. The Hall–Kier alpha value is -1.13. The molecule has 0 saturated carbocycles. The number of hydrogen-bond acceptors (Lipinski definition) is 3. The maximum absolute atomic E-state index is 13.3. The van der Waals surface area contributed by atoms with Gasteiger partial charge in [-0.1, -0.05) is 6.07 Å². The van der Waals surface area contributed by atoms with Gasteiger partial charge in [0.25, 0.3) is 0 Å². The van der Waals surface area contributed by atoms with E-state index < -0.39 is 0 Å². The molecule has 0 saturated heterocycles. The number of rotatable bonds is 4. The standard InChI is InChI=1S/C14H14ClFN2S/c15-8-12-9-19-14(17-12)4-6-18-5-3-10-1-2-11(16)7-13(10)18/h1-2,7,9H,3-6,8H2. The van der Waals surface area contributed by atoms with Crippen molar-refractivity contribution in [2.45, 2.75) is 18.7 Å². The van der Waals surface area contributed by atoms with Gasteiger partial charge in [0.1, 0.15) is 5.82 Å². The van der Waals surface area contributed by atoms with Crippen molar-refractivity contribution in [2.75, 3.05) is 18.0 Å². The van der Waals surface area contributed by atoms with Gasteiger partial charge in [-0.15, -0.1) is 22.9 Å². The first-order valence-corrected chi connectivity index (χ1v) is 7.70. The van der Waals surface area contributed by atoms with E-state index in [-0.39, 0.29) is 5.82 Å². The number of hydrogen-bond donors (Lipinski definition) is 0. The van der Waals surface area contributed by atoms with E-state index in [1.54, 1.807) is 17.4 Å². The highest BCUT2D eigenvalue weighted by Gasteiger charge is 2.19. The van der Waals surface area contributed by atoms with Gasteiger partial charge in [0, 0.05) is 30.6 Å². The second-order valence-electron chi connectivity index (χ2n) is 4.63. The molecule has 0 aliphatic carbocycles. The van der Waals surface area contributed by atoms with Gasteiger partial charge in [0.05, 0.1) is 16.6 Å². The van der Waals surface area contributed by atoms with Crippen LogP contribution in [0.4, 0.5) is 10.1 Å². The van der Waals surface area contributed by atoms with Crippen LogP contribution in [0.5, 0.6) is 0 Å². The molecule has 100 valence electrons. The van der Waals surface area contributed by atoms with Gasteiger partial charge in [0.2, 0.25) is 0 Å². The molecule has 19 heavy (non-hydrogen) atoms.